The Kier molecular flexibility index (Phi) is 35.2. The molecule has 0 aromatic rings. The van der Waals surface area contributed by atoms with Crippen molar-refractivity contribution in [2.75, 3.05) is 64.5 Å². The van der Waals surface area contributed by atoms with Crippen LogP contribution in [0.15, 0.2) is 0 Å². The number of rotatable bonds is 33. The molecule has 8 nitrogen and oxygen atoms in total. The molecule has 2 saturated heterocycles. The molecule has 14 heteroatoms. The van der Waals surface area contributed by atoms with Crippen molar-refractivity contribution in [3.8, 4) is 0 Å². The average Bonchev–Trinajstić information content (AvgIpc) is 3.13. The van der Waals surface area contributed by atoms with Crippen molar-refractivity contribution in [3.63, 3.8) is 0 Å². The van der Waals surface area contributed by atoms with Crippen LogP contribution >= 0.6 is 41.2 Å². The summed E-state index contributed by atoms with van der Waals surface area (Å²) in [6, 6.07) is 0. The van der Waals surface area contributed by atoms with Crippen LogP contribution in [0.5, 0.6) is 0 Å². The number of aliphatic hydroxyl groups is 2. The van der Waals surface area contributed by atoms with Crippen molar-refractivity contribution in [1.82, 2.24) is 9.13 Å². The first-order valence-electron chi connectivity index (χ1n) is 21.4. The molecule has 0 aromatic carbocycles. The summed E-state index contributed by atoms with van der Waals surface area (Å²) in [5, 5.41) is 21.2. The zero-order valence-corrected chi connectivity index (χ0v) is 39.5. The standard InChI is InChI=1S/C38H80N2O6S4Si2/c1-3-5-7-9-11-13-15-29-43-33-45-35-19-21-37(41)51-39(27-23-35)25-17-31-47-49-50-48-32-18-26-40-28-24-36(20-22-38(42)52-40)46-34-44-30-16-14-12-10-8-6-4-2/h35-38,41-42H,3-34,51-52H2,1-2H3. The molecular formula is C38H80N2O6S4Si2. The van der Waals surface area contributed by atoms with E-state index in [1.807, 2.05) is 41.2 Å². The molecular weight excluding hydrogens is 765 g/mol. The lowest BCUT2D eigenvalue weighted by Gasteiger charge is -2.30. The first-order valence-corrected chi connectivity index (χ1v) is 29.4. The van der Waals surface area contributed by atoms with Crippen LogP contribution in [0.25, 0.3) is 0 Å². The Bertz CT molecular complexity index is 718. The van der Waals surface area contributed by atoms with Gasteiger partial charge in [0.25, 0.3) is 0 Å². The third kappa shape index (κ3) is 29.7. The fourth-order valence-corrected chi connectivity index (χ4v) is 16.6. The fourth-order valence-electron chi connectivity index (χ4n) is 6.93. The van der Waals surface area contributed by atoms with E-state index in [1.54, 1.807) is 0 Å². The maximum atomic E-state index is 10.6. The second-order valence-electron chi connectivity index (χ2n) is 15.0. The van der Waals surface area contributed by atoms with Gasteiger partial charge in [-0.1, -0.05) is 112 Å². The predicted molar refractivity (Wildman–Crippen MR) is 237 cm³/mol. The van der Waals surface area contributed by atoms with Gasteiger partial charge in [-0.3, -0.25) is 0 Å². The highest BCUT2D eigenvalue weighted by Gasteiger charge is 2.22. The summed E-state index contributed by atoms with van der Waals surface area (Å²) in [5.74, 6) is 2.30. The van der Waals surface area contributed by atoms with Crippen molar-refractivity contribution in [2.24, 2.45) is 0 Å². The van der Waals surface area contributed by atoms with Crippen LogP contribution in [0.4, 0.5) is 0 Å². The number of aliphatic hydroxyl groups excluding tert-OH is 2. The van der Waals surface area contributed by atoms with Crippen LogP contribution in [-0.2, 0) is 18.9 Å². The second-order valence-corrected chi connectivity index (χ2v) is 25.6. The van der Waals surface area contributed by atoms with Gasteiger partial charge in [-0.2, -0.15) is 0 Å². The fraction of sp³-hybridized carbons (Fsp3) is 1.00. The van der Waals surface area contributed by atoms with Crippen LogP contribution in [-0.4, -0.2) is 127 Å². The van der Waals surface area contributed by atoms with E-state index in [-0.39, 0.29) is 23.7 Å². The maximum absolute atomic E-state index is 10.6. The normalized spacial score (nSPS) is 23.5. The van der Waals surface area contributed by atoms with Gasteiger partial charge in [0, 0.05) is 24.7 Å². The number of hydrogen-bond acceptors (Lipinski definition) is 12. The van der Waals surface area contributed by atoms with E-state index >= 15 is 0 Å². The maximum Gasteiger partial charge on any atom is 0.147 e. The molecule has 4 atom stereocenters. The topological polar surface area (TPSA) is 83.9 Å². The smallest absolute Gasteiger partial charge is 0.147 e. The largest absolute Gasteiger partial charge is 0.396 e. The molecule has 2 rings (SSSR count). The van der Waals surface area contributed by atoms with E-state index in [9.17, 15) is 10.2 Å². The van der Waals surface area contributed by atoms with Crippen LogP contribution in [0.1, 0.15) is 155 Å². The van der Waals surface area contributed by atoms with Crippen molar-refractivity contribution < 1.29 is 29.2 Å². The third-order valence-electron chi connectivity index (χ3n) is 10.2. The zero-order chi connectivity index (χ0) is 37.2. The Balaban J connectivity index is 1.42. The van der Waals surface area contributed by atoms with Gasteiger partial charge >= 0.3 is 0 Å². The average molecular weight is 846 g/mol. The van der Waals surface area contributed by atoms with Gasteiger partial charge in [0.05, 0.1) is 23.7 Å². The molecule has 2 N–H and O–H groups in total. The molecule has 310 valence electrons. The quantitative estimate of drug-likeness (QED) is 0.0288. The Hall–Kier alpha value is 1.51. The number of unbranched alkanes of at least 4 members (excludes halogenated alkanes) is 12. The van der Waals surface area contributed by atoms with Crippen molar-refractivity contribution in [3.05, 3.63) is 0 Å². The van der Waals surface area contributed by atoms with Gasteiger partial charge in [-0.05, 0) is 110 Å². The van der Waals surface area contributed by atoms with E-state index in [4.69, 9.17) is 18.9 Å². The Morgan fingerprint density at radius 2 is 0.923 bits per heavy atom. The van der Waals surface area contributed by atoms with Gasteiger partial charge in [0.15, 0.2) is 0 Å². The molecule has 2 fully saturated rings. The molecule has 4 unspecified atom stereocenters. The molecule has 52 heavy (non-hydrogen) atoms. The minimum atomic E-state index is -0.611. The summed E-state index contributed by atoms with van der Waals surface area (Å²) >= 11 is 0. The van der Waals surface area contributed by atoms with Crippen molar-refractivity contribution >= 4 is 60.6 Å². The Labute approximate surface area is 340 Å². The monoisotopic (exact) mass is 844 g/mol. The molecule has 2 aliphatic rings. The van der Waals surface area contributed by atoms with Crippen molar-refractivity contribution in [1.29, 1.82) is 0 Å². The highest BCUT2D eigenvalue weighted by Crippen LogP contribution is 2.43. The van der Waals surface area contributed by atoms with Gasteiger partial charge in [0.1, 0.15) is 32.9 Å². The molecule has 0 saturated carbocycles. The summed E-state index contributed by atoms with van der Waals surface area (Å²) in [4.78, 5) is 0. The van der Waals surface area contributed by atoms with Gasteiger partial charge in [-0.25, -0.2) is 0 Å². The first-order chi connectivity index (χ1) is 25.6. The zero-order valence-electron chi connectivity index (χ0n) is 33.4. The summed E-state index contributed by atoms with van der Waals surface area (Å²) in [7, 11) is 6.53. The second kappa shape index (κ2) is 36.8. The van der Waals surface area contributed by atoms with E-state index in [0.717, 1.165) is 102 Å². The molecule has 0 radical (unpaired) electrons. The third-order valence-corrected chi connectivity index (χ3v) is 20.8. The molecule has 0 aromatic heterocycles. The number of nitrogens with zero attached hydrogens (tertiary/aromatic N) is 2. The lowest BCUT2D eigenvalue weighted by atomic mass is 10.1. The van der Waals surface area contributed by atoms with E-state index < -0.39 is 19.4 Å². The van der Waals surface area contributed by atoms with E-state index in [2.05, 4.69) is 23.0 Å². The minimum Gasteiger partial charge on any atom is -0.396 e. The lowest BCUT2D eigenvalue weighted by molar-refractivity contribution is -0.0975. The lowest BCUT2D eigenvalue weighted by Crippen LogP contribution is -2.41. The van der Waals surface area contributed by atoms with Crippen molar-refractivity contribution in [2.45, 2.75) is 179 Å². The summed E-state index contributed by atoms with van der Waals surface area (Å²) in [5.41, 5.74) is -0.255. The van der Waals surface area contributed by atoms with Crippen LogP contribution in [0.2, 0.25) is 0 Å². The van der Waals surface area contributed by atoms with Crippen LogP contribution in [0.3, 0.4) is 0 Å². The molecule has 0 bridgehead atoms. The van der Waals surface area contributed by atoms with Gasteiger partial charge < -0.3 is 38.3 Å². The summed E-state index contributed by atoms with van der Waals surface area (Å²) in [6.45, 7) is 11.2. The summed E-state index contributed by atoms with van der Waals surface area (Å²) in [6.07, 6.45) is 26.7. The highest BCUT2D eigenvalue weighted by molar-refractivity contribution is 9.26. The molecule has 2 aliphatic heterocycles. The molecule has 0 amide bonds. The first kappa shape index (κ1) is 49.7. The summed E-state index contributed by atoms with van der Waals surface area (Å²) < 4.78 is 28.9. The Morgan fingerprint density at radius 1 is 0.519 bits per heavy atom. The minimum absolute atomic E-state index is 0.127. The predicted octanol–water partition coefficient (Wildman–Crippen LogP) is 8.44. The SMILES string of the molecule is CCCCCCCCCOCOC1CCC(O)[SiH2]N(CCCSSSSCCCN2CCC(OCOCCCCCCCCC)CCC(O)[SiH2]2)CC1. The molecule has 0 aliphatic carbocycles. The Morgan fingerprint density at radius 3 is 1.35 bits per heavy atom. The van der Waals surface area contributed by atoms with Gasteiger partial charge in [-0.15, -0.1) is 0 Å². The van der Waals surface area contributed by atoms with Crippen LogP contribution in [0, 0.1) is 0 Å². The molecule has 0 spiro atoms. The van der Waals surface area contributed by atoms with Crippen LogP contribution < -0.4 is 0 Å². The van der Waals surface area contributed by atoms with E-state index in [1.165, 1.54) is 89.9 Å². The van der Waals surface area contributed by atoms with Gasteiger partial charge in [0.2, 0.25) is 0 Å². The van der Waals surface area contributed by atoms with E-state index in [0.29, 0.717) is 13.6 Å². The molecule has 2 heterocycles. The highest BCUT2D eigenvalue weighted by atomic mass is 33.7. The number of ether oxygens (including phenoxy) is 4. The number of hydrogen-bond donors (Lipinski definition) is 2.